The van der Waals surface area contributed by atoms with Crippen LogP contribution in [0.25, 0.3) is 11.5 Å². The Morgan fingerprint density at radius 1 is 1.12 bits per heavy atom. The lowest BCUT2D eigenvalue weighted by Crippen LogP contribution is -2.37. The van der Waals surface area contributed by atoms with Gasteiger partial charge in [0.2, 0.25) is 17.7 Å². The Hall–Kier alpha value is -3.19. The molecule has 0 saturated carbocycles. The molecule has 0 aliphatic carbocycles. The average molecular weight is 453 g/mol. The van der Waals surface area contributed by atoms with Crippen molar-refractivity contribution in [2.45, 2.75) is 45.7 Å². The molecule has 2 aromatic carbocycles. The molecule has 4 rings (SSSR count). The van der Waals surface area contributed by atoms with Crippen molar-refractivity contribution in [3.8, 4) is 11.5 Å². The summed E-state index contributed by atoms with van der Waals surface area (Å²) in [5.74, 6) is 0.633. The summed E-state index contributed by atoms with van der Waals surface area (Å²) in [7, 11) is 0. The number of nitrogens with zero attached hydrogens (tertiary/aromatic N) is 4. The molecule has 166 valence electrons. The predicted molar refractivity (Wildman–Crippen MR) is 122 cm³/mol. The average Bonchev–Trinajstić information content (AvgIpc) is 3.26. The quantitative estimate of drug-likeness (QED) is 0.528. The van der Waals surface area contributed by atoms with Crippen molar-refractivity contribution < 1.29 is 14.0 Å². The van der Waals surface area contributed by atoms with Gasteiger partial charge < -0.3 is 14.2 Å². The van der Waals surface area contributed by atoms with E-state index in [2.05, 4.69) is 10.2 Å². The van der Waals surface area contributed by atoms with Crippen molar-refractivity contribution in [3.63, 3.8) is 0 Å². The van der Waals surface area contributed by atoms with E-state index in [1.54, 1.807) is 34.1 Å². The summed E-state index contributed by atoms with van der Waals surface area (Å²) >= 11 is 6.22. The Balaban J connectivity index is 1.50. The van der Waals surface area contributed by atoms with Crippen LogP contribution < -0.4 is 4.90 Å². The number of carbonyl (C=O) groups excluding carboxylic acids is 2. The van der Waals surface area contributed by atoms with E-state index in [9.17, 15) is 9.59 Å². The summed E-state index contributed by atoms with van der Waals surface area (Å²) in [5.41, 5.74) is 2.01. The van der Waals surface area contributed by atoms with Crippen LogP contribution in [-0.2, 0) is 11.3 Å². The molecule has 0 radical (unpaired) electrons. The normalized spacial score (nSPS) is 14.1. The Labute approximate surface area is 192 Å². The molecular weight excluding hydrogens is 428 g/mol. The van der Waals surface area contributed by atoms with Crippen LogP contribution in [0.15, 0.2) is 52.9 Å². The van der Waals surface area contributed by atoms with Gasteiger partial charge in [0.25, 0.3) is 5.91 Å². The van der Waals surface area contributed by atoms with Crippen molar-refractivity contribution in [3.05, 3.63) is 65.0 Å². The van der Waals surface area contributed by atoms with Crippen LogP contribution in [0.3, 0.4) is 0 Å². The number of aromatic nitrogens is 2. The van der Waals surface area contributed by atoms with Crippen LogP contribution in [0.2, 0.25) is 5.02 Å². The molecule has 2 amide bonds. The number of hydrogen-bond acceptors (Lipinski definition) is 5. The number of hydrogen-bond donors (Lipinski definition) is 0. The fourth-order valence-corrected chi connectivity index (χ4v) is 3.94. The Morgan fingerprint density at radius 2 is 1.88 bits per heavy atom. The first kappa shape index (κ1) is 22.0. The SMILES string of the molecule is CC(C)N(Cc1nnc(-c2ccccc2Cl)o1)C(=O)c1ccc(N2CCCCC2=O)cc1. The van der Waals surface area contributed by atoms with E-state index in [0.29, 0.717) is 34.4 Å². The highest BCUT2D eigenvalue weighted by Gasteiger charge is 2.24. The number of piperidine rings is 1. The molecule has 0 N–H and O–H groups in total. The maximum absolute atomic E-state index is 13.2. The molecule has 1 aliphatic rings. The van der Waals surface area contributed by atoms with Gasteiger partial charge >= 0.3 is 0 Å². The second-order valence-corrected chi connectivity index (χ2v) is 8.46. The van der Waals surface area contributed by atoms with Gasteiger partial charge in [-0.2, -0.15) is 0 Å². The van der Waals surface area contributed by atoms with Crippen LogP contribution in [0, 0.1) is 0 Å². The van der Waals surface area contributed by atoms with Crippen LogP contribution in [-0.4, -0.2) is 39.5 Å². The Bertz CT molecular complexity index is 1110. The molecule has 2 heterocycles. The fourth-order valence-electron chi connectivity index (χ4n) is 3.72. The van der Waals surface area contributed by atoms with Crippen LogP contribution >= 0.6 is 11.6 Å². The van der Waals surface area contributed by atoms with Crippen LogP contribution in [0.4, 0.5) is 5.69 Å². The van der Waals surface area contributed by atoms with Gasteiger partial charge in [0, 0.05) is 30.3 Å². The molecule has 3 aromatic rings. The predicted octanol–water partition coefficient (Wildman–Crippen LogP) is 4.96. The van der Waals surface area contributed by atoms with Gasteiger partial charge in [-0.1, -0.05) is 23.7 Å². The van der Waals surface area contributed by atoms with Crippen molar-refractivity contribution in [1.29, 1.82) is 0 Å². The zero-order valence-electron chi connectivity index (χ0n) is 18.1. The summed E-state index contributed by atoms with van der Waals surface area (Å²) < 4.78 is 5.78. The van der Waals surface area contributed by atoms with E-state index in [1.165, 1.54) is 0 Å². The summed E-state index contributed by atoms with van der Waals surface area (Å²) in [5, 5.41) is 8.71. The van der Waals surface area contributed by atoms with Gasteiger partial charge in [-0.15, -0.1) is 10.2 Å². The highest BCUT2D eigenvalue weighted by Crippen LogP contribution is 2.27. The van der Waals surface area contributed by atoms with Gasteiger partial charge in [-0.25, -0.2) is 0 Å². The summed E-state index contributed by atoms with van der Waals surface area (Å²) in [6.45, 7) is 4.77. The number of halogens is 1. The molecule has 32 heavy (non-hydrogen) atoms. The minimum Gasteiger partial charge on any atom is -0.419 e. The van der Waals surface area contributed by atoms with Crippen molar-refractivity contribution in [1.82, 2.24) is 15.1 Å². The molecular formula is C24H25ClN4O3. The van der Waals surface area contributed by atoms with Gasteiger partial charge in [-0.3, -0.25) is 9.59 Å². The van der Waals surface area contributed by atoms with Crippen molar-refractivity contribution in [2.24, 2.45) is 0 Å². The smallest absolute Gasteiger partial charge is 0.254 e. The first-order chi connectivity index (χ1) is 15.4. The largest absolute Gasteiger partial charge is 0.419 e. The molecule has 0 unspecified atom stereocenters. The minimum absolute atomic E-state index is 0.0819. The van der Waals surface area contributed by atoms with Gasteiger partial charge in [0.1, 0.15) is 0 Å². The summed E-state index contributed by atoms with van der Waals surface area (Å²) in [6.07, 6.45) is 2.50. The Morgan fingerprint density at radius 3 is 2.56 bits per heavy atom. The maximum atomic E-state index is 13.2. The summed E-state index contributed by atoms with van der Waals surface area (Å²) in [6, 6.07) is 14.3. The van der Waals surface area contributed by atoms with Crippen molar-refractivity contribution in [2.75, 3.05) is 11.4 Å². The monoisotopic (exact) mass is 452 g/mol. The molecule has 0 spiro atoms. The van der Waals surface area contributed by atoms with Gasteiger partial charge in [0.15, 0.2) is 0 Å². The van der Waals surface area contributed by atoms with E-state index in [1.807, 2.05) is 38.1 Å². The third-order valence-corrected chi connectivity index (χ3v) is 5.84. The third-order valence-electron chi connectivity index (χ3n) is 5.51. The van der Waals surface area contributed by atoms with Crippen LogP contribution in [0.1, 0.15) is 49.4 Å². The highest BCUT2D eigenvalue weighted by atomic mass is 35.5. The first-order valence-corrected chi connectivity index (χ1v) is 11.1. The first-order valence-electron chi connectivity index (χ1n) is 10.7. The molecule has 1 saturated heterocycles. The van der Waals surface area contributed by atoms with E-state index in [4.69, 9.17) is 16.0 Å². The Kier molecular flexibility index (Phi) is 6.55. The third kappa shape index (κ3) is 4.67. The van der Waals surface area contributed by atoms with E-state index in [-0.39, 0.29) is 24.4 Å². The molecule has 1 aromatic heterocycles. The zero-order valence-corrected chi connectivity index (χ0v) is 18.9. The van der Waals surface area contributed by atoms with Gasteiger partial charge in [0.05, 0.1) is 17.1 Å². The summed E-state index contributed by atoms with van der Waals surface area (Å²) in [4.78, 5) is 28.8. The second kappa shape index (κ2) is 9.53. The maximum Gasteiger partial charge on any atom is 0.254 e. The van der Waals surface area contributed by atoms with Crippen molar-refractivity contribution >= 4 is 29.1 Å². The molecule has 8 heteroatoms. The molecule has 0 bridgehead atoms. The lowest BCUT2D eigenvalue weighted by atomic mass is 10.1. The fraction of sp³-hybridized carbons (Fsp3) is 0.333. The molecule has 1 aliphatic heterocycles. The number of amides is 2. The minimum atomic E-state index is -0.144. The second-order valence-electron chi connectivity index (χ2n) is 8.06. The van der Waals surface area contributed by atoms with Gasteiger partial charge in [-0.05, 0) is 63.1 Å². The zero-order chi connectivity index (χ0) is 22.7. The van der Waals surface area contributed by atoms with E-state index < -0.39 is 0 Å². The van der Waals surface area contributed by atoms with E-state index >= 15 is 0 Å². The van der Waals surface area contributed by atoms with E-state index in [0.717, 1.165) is 25.1 Å². The molecule has 1 fully saturated rings. The number of anilines is 1. The molecule has 7 nitrogen and oxygen atoms in total. The standard InChI is InChI=1S/C24H25ClN4O3/c1-16(2)29(15-21-26-27-23(32-21)19-7-3-4-8-20(19)25)24(31)17-10-12-18(13-11-17)28-14-6-5-9-22(28)30/h3-4,7-8,10-13,16H,5-6,9,14-15H2,1-2H3. The lowest BCUT2D eigenvalue weighted by molar-refractivity contribution is -0.119. The number of carbonyl (C=O) groups is 2. The lowest BCUT2D eigenvalue weighted by Gasteiger charge is -2.28. The number of rotatable bonds is 6. The topological polar surface area (TPSA) is 79.5 Å². The molecule has 0 atom stereocenters. The van der Waals surface area contributed by atoms with Crippen LogP contribution in [0.5, 0.6) is 0 Å². The number of benzene rings is 2. The highest BCUT2D eigenvalue weighted by molar-refractivity contribution is 6.33.